The van der Waals surface area contributed by atoms with Gasteiger partial charge < -0.3 is 9.64 Å². The van der Waals surface area contributed by atoms with Crippen molar-refractivity contribution in [3.63, 3.8) is 0 Å². The van der Waals surface area contributed by atoms with Crippen LogP contribution < -0.4 is 9.64 Å². The van der Waals surface area contributed by atoms with Gasteiger partial charge in [0.1, 0.15) is 5.75 Å². The second-order valence-electron chi connectivity index (χ2n) is 5.27. The molecule has 20 heavy (non-hydrogen) atoms. The van der Waals surface area contributed by atoms with Gasteiger partial charge in [0, 0.05) is 12.2 Å². The second-order valence-corrected chi connectivity index (χ2v) is 5.27. The molecule has 2 aromatic carbocycles. The Morgan fingerprint density at radius 1 is 1.00 bits per heavy atom. The summed E-state index contributed by atoms with van der Waals surface area (Å²) in [7, 11) is 3.87. The van der Waals surface area contributed by atoms with Gasteiger partial charge in [0.2, 0.25) is 0 Å². The van der Waals surface area contributed by atoms with E-state index in [0.29, 0.717) is 6.04 Å². The summed E-state index contributed by atoms with van der Waals surface area (Å²) in [5.74, 6) is 0.909. The van der Waals surface area contributed by atoms with Crippen LogP contribution in [0.3, 0.4) is 0 Å². The minimum atomic E-state index is 0.397. The summed E-state index contributed by atoms with van der Waals surface area (Å²) in [6.07, 6.45) is 0. The lowest BCUT2D eigenvalue weighted by molar-refractivity contribution is 0.410. The lowest BCUT2D eigenvalue weighted by atomic mass is 10.1. The van der Waals surface area contributed by atoms with E-state index in [0.717, 1.165) is 19.0 Å². The Kier molecular flexibility index (Phi) is 3.61. The van der Waals surface area contributed by atoms with Crippen LogP contribution in [0, 0.1) is 0 Å². The van der Waals surface area contributed by atoms with Crippen LogP contribution >= 0.6 is 0 Å². The molecule has 0 spiro atoms. The zero-order valence-electron chi connectivity index (χ0n) is 12.0. The van der Waals surface area contributed by atoms with Gasteiger partial charge in [-0.05, 0) is 36.9 Å². The van der Waals surface area contributed by atoms with E-state index < -0.39 is 0 Å². The molecule has 3 rings (SSSR count). The SMILES string of the molecule is COc1ccc(C2CN(C)CN2c2ccccc2)cc1. The molecular formula is C17H20N2O. The number of para-hydroxylation sites is 1. The van der Waals surface area contributed by atoms with Gasteiger partial charge in [0.25, 0.3) is 0 Å². The Hall–Kier alpha value is -2.00. The first kappa shape index (κ1) is 13.0. The Morgan fingerprint density at radius 3 is 2.35 bits per heavy atom. The van der Waals surface area contributed by atoms with Gasteiger partial charge in [-0.2, -0.15) is 0 Å². The van der Waals surface area contributed by atoms with Crippen molar-refractivity contribution in [2.24, 2.45) is 0 Å². The van der Waals surface area contributed by atoms with Crippen LogP contribution in [0.25, 0.3) is 0 Å². The molecule has 0 amide bonds. The maximum atomic E-state index is 5.24. The molecule has 1 fully saturated rings. The largest absolute Gasteiger partial charge is 0.497 e. The third-order valence-electron chi connectivity index (χ3n) is 3.84. The van der Waals surface area contributed by atoms with Crippen LogP contribution in [0.2, 0.25) is 0 Å². The molecule has 1 aliphatic rings. The quantitative estimate of drug-likeness (QED) is 0.850. The zero-order chi connectivity index (χ0) is 13.9. The first-order chi connectivity index (χ1) is 9.78. The van der Waals surface area contributed by atoms with E-state index in [1.807, 2.05) is 12.1 Å². The van der Waals surface area contributed by atoms with Crippen molar-refractivity contribution >= 4 is 5.69 Å². The van der Waals surface area contributed by atoms with Gasteiger partial charge in [0.15, 0.2) is 0 Å². The van der Waals surface area contributed by atoms with E-state index in [4.69, 9.17) is 4.74 Å². The summed E-state index contributed by atoms with van der Waals surface area (Å²) in [4.78, 5) is 4.80. The molecule has 1 saturated heterocycles. The Bertz CT molecular complexity index is 553. The highest BCUT2D eigenvalue weighted by Crippen LogP contribution is 2.32. The summed E-state index contributed by atoms with van der Waals surface area (Å²) in [6.45, 7) is 2.00. The molecule has 0 aliphatic carbocycles. The summed E-state index contributed by atoms with van der Waals surface area (Å²) < 4.78 is 5.24. The zero-order valence-corrected chi connectivity index (χ0v) is 12.0. The summed E-state index contributed by atoms with van der Waals surface area (Å²) in [5.41, 5.74) is 2.61. The fourth-order valence-electron chi connectivity index (χ4n) is 2.80. The molecule has 0 bridgehead atoms. The van der Waals surface area contributed by atoms with Crippen LogP contribution in [0.5, 0.6) is 5.75 Å². The number of likely N-dealkylation sites (N-methyl/N-ethyl adjacent to an activating group) is 1. The standard InChI is InChI=1S/C17H20N2O/c1-18-12-17(14-8-10-16(20-2)11-9-14)19(13-18)15-6-4-3-5-7-15/h3-11,17H,12-13H2,1-2H3. The number of methoxy groups -OCH3 is 1. The van der Waals surface area contributed by atoms with Crippen LogP contribution in [0.15, 0.2) is 54.6 Å². The molecule has 1 unspecified atom stereocenters. The van der Waals surface area contributed by atoms with Gasteiger partial charge in [-0.1, -0.05) is 30.3 Å². The van der Waals surface area contributed by atoms with E-state index in [-0.39, 0.29) is 0 Å². The third-order valence-corrected chi connectivity index (χ3v) is 3.84. The van der Waals surface area contributed by atoms with Crippen molar-refractivity contribution in [1.82, 2.24) is 4.90 Å². The number of rotatable bonds is 3. The van der Waals surface area contributed by atoms with Gasteiger partial charge in [-0.15, -0.1) is 0 Å². The minimum Gasteiger partial charge on any atom is -0.497 e. The Morgan fingerprint density at radius 2 is 1.70 bits per heavy atom. The predicted molar refractivity (Wildman–Crippen MR) is 82.2 cm³/mol. The van der Waals surface area contributed by atoms with Crippen molar-refractivity contribution < 1.29 is 4.74 Å². The minimum absolute atomic E-state index is 0.397. The second kappa shape index (κ2) is 5.55. The summed E-state index contributed by atoms with van der Waals surface area (Å²) in [5, 5.41) is 0. The average molecular weight is 268 g/mol. The molecule has 1 aliphatic heterocycles. The van der Waals surface area contributed by atoms with E-state index in [9.17, 15) is 0 Å². The van der Waals surface area contributed by atoms with Crippen molar-refractivity contribution in [2.45, 2.75) is 6.04 Å². The highest BCUT2D eigenvalue weighted by Gasteiger charge is 2.29. The van der Waals surface area contributed by atoms with Crippen LogP contribution in [0.4, 0.5) is 5.69 Å². The third kappa shape index (κ3) is 2.49. The highest BCUT2D eigenvalue weighted by molar-refractivity contribution is 5.50. The molecule has 0 aromatic heterocycles. The lowest BCUT2D eigenvalue weighted by Crippen LogP contribution is -2.24. The number of hydrogen-bond donors (Lipinski definition) is 0. The molecule has 0 radical (unpaired) electrons. The normalized spacial score (nSPS) is 19.3. The van der Waals surface area contributed by atoms with Crippen LogP contribution in [0.1, 0.15) is 11.6 Å². The molecular weight excluding hydrogens is 248 g/mol. The fraction of sp³-hybridized carbons (Fsp3) is 0.294. The number of benzene rings is 2. The molecule has 1 atom stereocenters. The van der Waals surface area contributed by atoms with Gasteiger partial charge in [-0.3, -0.25) is 4.90 Å². The number of anilines is 1. The first-order valence-electron chi connectivity index (χ1n) is 6.92. The molecule has 0 saturated carbocycles. The summed E-state index contributed by atoms with van der Waals surface area (Å²) in [6, 6.07) is 19.4. The monoisotopic (exact) mass is 268 g/mol. The number of hydrogen-bond acceptors (Lipinski definition) is 3. The van der Waals surface area contributed by atoms with Gasteiger partial charge in [0.05, 0.1) is 19.8 Å². The first-order valence-corrected chi connectivity index (χ1v) is 6.92. The van der Waals surface area contributed by atoms with E-state index in [2.05, 4.69) is 59.3 Å². The Balaban J connectivity index is 1.89. The van der Waals surface area contributed by atoms with Crippen molar-refractivity contribution in [3.8, 4) is 5.75 Å². The number of nitrogens with zero attached hydrogens (tertiary/aromatic N) is 2. The molecule has 3 heteroatoms. The molecule has 2 aromatic rings. The molecule has 3 nitrogen and oxygen atoms in total. The summed E-state index contributed by atoms with van der Waals surface area (Å²) >= 11 is 0. The van der Waals surface area contributed by atoms with E-state index >= 15 is 0 Å². The smallest absolute Gasteiger partial charge is 0.118 e. The van der Waals surface area contributed by atoms with Crippen molar-refractivity contribution in [1.29, 1.82) is 0 Å². The fourth-order valence-corrected chi connectivity index (χ4v) is 2.80. The van der Waals surface area contributed by atoms with Gasteiger partial charge in [-0.25, -0.2) is 0 Å². The average Bonchev–Trinajstić information content (AvgIpc) is 2.90. The lowest BCUT2D eigenvalue weighted by Gasteiger charge is -2.26. The van der Waals surface area contributed by atoms with Gasteiger partial charge >= 0.3 is 0 Å². The maximum absolute atomic E-state index is 5.24. The van der Waals surface area contributed by atoms with E-state index in [1.54, 1.807) is 7.11 Å². The van der Waals surface area contributed by atoms with Crippen LogP contribution in [-0.4, -0.2) is 32.3 Å². The molecule has 1 heterocycles. The molecule has 0 N–H and O–H groups in total. The topological polar surface area (TPSA) is 15.7 Å². The Labute approximate surface area is 120 Å². The maximum Gasteiger partial charge on any atom is 0.118 e. The molecule has 104 valence electrons. The van der Waals surface area contributed by atoms with E-state index in [1.165, 1.54) is 11.3 Å². The van der Waals surface area contributed by atoms with Crippen molar-refractivity contribution in [3.05, 3.63) is 60.2 Å². The number of ether oxygens (including phenoxy) is 1. The van der Waals surface area contributed by atoms with Crippen LogP contribution in [-0.2, 0) is 0 Å². The van der Waals surface area contributed by atoms with Crippen molar-refractivity contribution in [2.75, 3.05) is 32.3 Å². The highest BCUT2D eigenvalue weighted by atomic mass is 16.5. The predicted octanol–water partition coefficient (Wildman–Crippen LogP) is 3.15.